The number of hydrogen-bond donors (Lipinski definition) is 1. The molecule has 0 unspecified atom stereocenters. The lowest BCUT2D eigenvalue weighted by Gasteiger charge is -2.35. The van der Waals surface area contributed by atoms with Gasteiger partial charge in [0.05, 0.1) is 12.2 Å². The monoisotopic (exact) mass is 377 g/mol. The molecule has 1 aromatic carbocycles. The van der Waals surface area contributed by atoms with Crippen molar-refractivity contribution in [3.05, 3.63) is 36.0 Å². The second-order valence-corrected chi connectivity index (χ2v) is 8.94. The van der Waals surface area contributed by atoms with E-state index in [1.807, 2.05) is 30.5 Å². The number of carbonyl (C=O) groups excluding carboxylic acids is 2. The highest BCUT2D eigenvalue weighted by Crippen LogP contribution is 2.19. The smallest absolute Gasteiger partial charge is 0.227 e. The number of hydrogen-bond acceptors (Lipinski definition) is 4. The molecule has 2 heterocycles. The standard InChI is InChI=1S/C18H23N3O4S/c1-26(24,25)11-6-17(22)20-7-9-21(10-8-20)18(23)12-14-13-19-16-5-3-2-4-15(14)16/h2-5,13,19H,6-12H2,1H3. The molecule has 2 amide bonds. The summed E-state index contributed by atoms with van der Waals surface area (Å²) < 4.78 is 22.4. The molecule has 26 heavy (non-hydrogen) atoms. The van der Waals surface area contributed by atoms with Crippen molar-refractivity contribution in [2.75, 3.05) is 38.2 Å². The van der Waals surface area contributed by atoms with Gasteiger partial charge in [0, 0.05) is 56.0 Å². The number of fused-ring (bicyclic) bond motifs is 1. The maximum Gasteiger partial charge on any atom is 0.227 e. The minimum Gasteiger partial charge on any atom is -0.361 e. The first kappa shape index (κ1) is 18.4. The number of H-pyrrole nitrogens is 1. The van der Waals surface area contributed by atoms with Crippen LogP contribution in [0.3, 0.4) is 0 Å². The zero-order chi connectivity index (χ0) is 18.7. The topological polar surface area (TPSA) is 90.6 Å². The third-order valence-corrected chi connectivity index (χ3v) is 5.63. The van der Waals surface area contributed by atoms with Crippen LogP contribution in [0.1, 0.15) is 12.0 Å². The van der Waals surface area contributed by atoms with Gasteiger partial charge in [0.25, 0.3) is 0 Å². The third kappa shape index (κ3) is 4.43. The highest BCUT2D eigenvalue weighted by molar-refractivity contribution is 7.90. The van der Waals surface area contributed by atoms with Crippen LogP contribution < -0.4 is 0 Å². The van der Waals surface area contributed by atoms with Crippen LogP contribution in [0.2, 0.25) is 0 Å². The Balaban J connectivity index is 1.53. The van der Waals surface area contributed by atoms with Crippen molar-refractivity contribution in [3.8, 4) is 0 Å². The Morgan fingerprint density at radius 2 is 1.65 bits per heavy atom. The minimum absolute atomic E-state index is 0.00210. The second-order valence-electron chi connectivity index (χ2n) is 6.68. The number of carbonyl (C=O) groups is 2. The number of nitrogens with one attached hydrogen (secondary N) is 1. The number of aromatic amines is 1. The SMILES string of the molecule is CS(=O)(=O)CCC(=O)N1CCN(C(=O)Cc2c[nH]c3ccccc23)CC1. The van der Waals surface area contributed by atoms with Crippen LogP contribution in [0.4, 0.5) is 0 Å². The van der Waals surface area contributed by atoms with Gasteiger partial charge >= 0.3 is 0 Å². The first-order valence-corrected chi connectivity index (χ1v) is 10.7. The Kier molecular flexibility index (Phi) is 5.31. The highest BCUT2D eigenvalue weighted by atomic mass is 32.2. The molecule has 1 fully saturated rings. The van der Waals surface area contributed by atoms with Crippen molar-refractivity contribution < 1.29 is 18.0 Å². The van der Waals surface area contributed by atoms with Crippen molar-refractivity contribution in [1.29, 1.82) is 0 Å². The van der Waals surface area contributed by atoms with Gasteiger partial charge in [0.1, 0.15) is 9.84 Å². The quantitative estimate of drug-likeness (QED) is 0.835. The van der Waals surface area contributed by atoms with E-state index < -0.39 is 9.84 Å². The van der Waals surface area contributed by atoms with Crippen molar-refractivity contribution in [2.45, 2.75) is 12.8 Å². The van der Waals surface area contributed by atoms with Gasteiger partial charge in [-0.25, -0.2) is 8.42 Å². The fraction of sp³-hybridized carbons (Fsp3) is 0.444. The fourth-order valence-corrected chi connectivity index (χ4v) is 3.73. The molecule has 1 saturated heterocycles. The Morgan fingerprint density at radius 3 is 2.31 bits per heavy atom. The normalized spacial score (nSPS) is 15.4. The predicted octanol–water partition coefficient (Wildman–Crippen LogP) is 0.816. The number of amides is 2. The molecule has 1 N–H and O–H groups in total. The third-order valence-electron chi connectivity index (χ3n) is 4.69. The van der Waals surface area contributed by atoms with Gasteiger partial charge in [-0.2, -0.15) is 0 Å². The minimum atomic E-state index is -3.14. The van der Waals surface area contributed by atoms with E-state index in [2.05, 4.69) is 4.98 Å². The number of sulfone groups is 1. The van der Waals surface area contributed by atoms with E-state index in [0.29, 0.717) is 32.6 Å². The Bertz CT molecular complexity index is 911. The Morgan fingerprint density at radius 1 is 1.04 bits per heavy atom. The molecule has 140 valence electrons. The van der Waals surface area contributed by atoms with E-state index in [1.165, 1.54) is 0 Å². The largest absolute Gasteiger partial charge is 0.361 e. The molecule has 1 aliphatic rings. The van der Waals surface area contributed by atoms with Crippen molar-refractivity contribution in [1.82, 2.24) is 14.8 Å². The summed E-state index contributed by atoms with van der Waals surface area (Å²) in [6, 6.07) is 7.87. The number of aromatic nitrogens is 1. The zero-order valence-corrected chi connectivity index (χ0v) is 15.6. The molecule has 0 spiro atoms. The number of benzene rings is 1. The summed E-state index contributed by atoms with van der Waals surface area (Å²) in [5, 5.41) is 1.05. The molecular formula is C18H23N3O4S. The second kappa shape index (κ2) is 7.49. The van der Waals surface area contributed by atoms with Crippen LogP contribution in [-0.2, 0) is 25.8 Å². The maximum atomic E-state index is 12.6. The summed E-state index contributed by atoms with van der Waals surface area (Å²) in [5.41, 5.74) is 1.98. The maximum absolute atomic E-state index is 12.6. The molecule has 0 aliphatic carbocycles. The van der Waals surface area contributed by atoms with Crippen LogP contribution in [0.25, 0.3) is 10.9 Å². The molecule has 0 radical (unpaired) electrons. The molecule has 1 aliphatic heterocycles. The molecule has 2 aromatic rings. The van der Waals surface area contributed by atoms with Gasteiger partial charge in [0.2, 0.25) is 11.8 Å². The number of piperazine rings is 1. The van der Waals surface area contributed by atoms with Crippen LogP contribution in [-0.4, -0.2) is 73.2 Å². The van der Waals surface area contributed by atoms with E-state index in [9.17, 15) is 18.0 Å². The van der Waals surface area contributed by atoms with E-state index in [-0.39, 0.29) is 24.0 Å². The lowest BCUT2D eigenvalue weighted by Crippen LogP contribution is -2.51. The van der Waals surface area contributed by atoms with Crippen LogP contribution in [0, 0.1) is 0 Å². The van der Waals surface area contributed by atoms with E-state index in [0.717, 1.165) is 22.7 Å². The van der Waals surface area contributed by atoms with Crippen LogP contribution >= 0.6 is 0 Å². The Hall–Kier alpha value is -2.35. The molecular weight excluding hydrogens is 354 g/mol. The summed E-state index contributed by atoms with van der Waals surface area (Å²) in [6.07, 6.45) is 3.32. The van der Waals surface area contributed by atoms with Crippen molar-refractivity contribution >= 4 is 32.6 Å². The van der Waals surface area contributed by atoms with Gasteiger partial charge in [-0.3, -0.25) is 9.59 Å². The molecule has 7 nitrogen and oxygen atoms in total. The number of para-hydroxylation sites is 1. The van der Waals surface area contributed by atoms with Gasteiger partial charge in [-0.15, -0.1) is 0 Å². The van der Waals surface area contributed by atoms with Crippen molar-refractivity contribution in [2.24, 2.45) is 0 Å². The lowest BCUT2D eigenvalue weighted by molar-refractivity contribution is -0.138. The first-order chi connectivity index (χ1) is 12.3. The first-order valence-electron chi connectivity index (χ1n) is 8.62. The van der Waals surface area contributed by atoms with Gasteiger partial charge in [-0.1, -0.05) is 18.2 Å². The molecule has 3 rings (SSSR count). The van der Waals surface area contributed by atoms with E-state index >= 15 is 0 Å². The number of rotatable bonds is 5. The van der Waals surface area contributed by atoms with Crippen LogP contribution in [0.5, 0.6) is 0 Å². The molecule has 0 atom stereocenters. The summed E-state index contributed by atoms with van der Waals surface area (Å²) in [5.74, 6) is -0.261. The van der Waals surface area contributed by atoms with E-state index in [4.69, 9.17) is 0 Å². The predicted molar refractivity (Wildman–Crippen MR) is 99.5 cm³/mol. The average molecular weight is 377 g/mol. The molecule has 1 aromatic heterocycles. The zero-order valence-electron chi connectivity index (χ0n) is 14.8. The van der Waals surface area contributed by atoms with Gasteiger partial charge < -0.3 is 14.8 Å². The fourth-order valence-electron chi connectivity index (χ4n) is 3.19. The summed E-state index contributed by atoms with van der Waals surface area (Å²) in [7, 11) is -3.14. The molecule has 0 bridgehead atoms. The van der Waals surface area contributed by atoms with E-state index in [1.54, 1.807) is 9.80 Å². The van der Waals surface area contributed by atoms with Gasteiger partial charge in [-0.05, 0) is 11.6 Å². The lowest BCUT2D eigenvalue weighted by atomic mass is 10.1. The molecule has 0 saturated carbocycles. The summed E-state index contributed by atoms with van der Waals surface area (Å²) >= 11 is 0. The molecule has 8 heteroatoms. The number of nitrogens with zero attached hydrogens (tertiary/aromatic N) is 2. The van der Waals surface area contributed by atoms with Crippen molar-refractivity contribution in [3.63, 3.8) is 0 Å². The van der Waals surface area contributed by atoms with Crippen LogP contribution in [0.15, 0.2) is 30.5 Å². The van der Waals surface area contributed by atoms with Gasteiger partial charge in [0.15, 0.2) is 0 Å². The summed E-state index contributed by atoms with van der Waals surface area (Å²) in [4.78, 5) is 31.2. The Labute approximate surface area is 152 Å². The summed E-state index contributed by atoms with van der Waals surface area (Å²) in [6.45, 7) is 1.85. The highest BCUT2D eigenvalue weighted by Gasteiger charge is 2.25. The average Bonchev–Trinajstić information content (AvgIpc) is 3.02.